The van der Waals surface area contributed by atoms with Crippen molar-refractivity contribution in [2.24, 2.45) is 5.92 Å². The van der Waals surface area contributed by atoms with E-state index in [2.05, 4.69) is 120 Å². The fraction of sp³-hybridized carbons (Fsp3) is 0.348. The number of H-pyrrole nitrogens is 4. The molecule has 0 radical (unpaired) electrons. The molecule has 5 aliphatic heterocycles. The van der Waals surface area contributed by atoms with Gasteiger partial charge in [0.2, 0.25) is 5.95 Å². The van der Waals surface area contributed by atoms with Crippen LogP contribution in [0.2, 0.25) is 20.1 Å². The third kappa shape index (κ3) is 18.3. The lowest BCUT2D eigenvalue weighted by atomic mass is 9.92. The zero-order chi connectivity index (χ0) is 81.6. The Hall–Kier alpha value is -9.82. The first-order valence-electron chi connectivity index (χ1n) is 39.5. The number of nitrogens with zero attached hydrogens (tertiary/aromatic N) is 9. The maximum Gasteiger partial charge on any atom is 0.416 e. The number of aromatic amines is 4. The van der Waals surface area contributed by atoms with Gasteiger partial charge in [-0.15, -0.1) is 0 Å². The molecule has 5 aromatic heterocycles. The van der Waals surface area contributed by atoms with Gasteiger partial charge in [0.1, 0.15) is 29.6 Å². The Labute approximate surface area is 704 Å². The van der Waals surface area contributed by atoms with Crippen LogP contribution >= 0.6 is 62.3 Å². The smallest absolute Gasteiger partial charge is 0.416 e. The fourth-order valence-electron chi connectivity index (χ4n) is 16.3. The summed E-state index contributed by atoms with van der Waals surface area (Å²) >= 11 is 28.2. The summed E-state index contributed by atoms with van der Waals surface area (Å²) in [7, 11) is 9.96. The van der Waals surface area contributed by atoms with Crippen LogP contribution in [0.3, 0.4) is 0 Å². The van der Waals surface area contributed by atoms with E-state index in [1.54, 1.807) is 51.4 Å². The molecule has 1 fully saturated rings. The molecule has 4 atom stereocenters. The van der Waals surface area contributed by atoms with Gasteiger partial charge in [0.25, 0.3) is 5.91 Å². The average Bonchev–Trinajstić information content (AvgIpc) is 1.60. The molecule has 5 aliphatic rings. The third-order valence-electron chi connectivity index (χ3n) is 22.0. The minimum Gasteiger partial charge on any atom is -0.494 e. The van der Waals surface area contributed by atoms with Gasteiger partial charge in [0.05, 0.1) is 19.8 Å². The quantitative estimate of drug-likeness (QED) is 0.0638. The largest absolute Gasteiger partial charge is 0.494 e. The van der Waals surface area contributed by atoms with Crippen molar-refractivity contribution in [3.63, 3.8) is 0 Å². The predicted molar refractivity (Wildman–Crippen MR) is 465 cm³/mol. The number of amides is 4. The van der Waals surface area contributed by atoms with Gasteiger partial charge in [-0.2, -0.15) is 0 Å². The van der Waals surface area contributed by atoms with Crippen LogP contribution in [0.15, 0.2) is 162 Å². The highest BCUT2D eigenvalue weighted by Gasteiger charge is 2.40. The number of halogens is 5. The molecule has 0 aliphatic carbocycles. The molecule has 10 heterocycles. The molecule has 0 saturated carbocycles. The summed E-state index contributed by atoms with van der Waals surface area (Å²) in [5.41, 5.74) is 16.9. The second-order valence-electron chi connectivity index (χ2n) is 30.5. The van der Waals surface area contributed by atoms with Gasteiger partial charge in [-0.3, -0.25) is 19.5 Å². The van der Waals surface area contributed by atoms with E-state index in [0.29, 0.717) is 90.2 Å². The van der Waals surface area contributed by atoms with E-state index >= 15 is 0 Å². The second-order valence-corrected chi connectivity index (χ2v) is 33.2. The van der Waals surface area contributed by atoms with Crippen molar-refractivity contribution in [1.82, 2.24) is 64.6 Å². The molecule has 0 bridgehead atoms. The lowest BCUT2D eigenvalue weighted by Crippen LogP contribution is -2.47. The monoisotopic (exact) mass is 1710 g/mol. The third-order valence-corrected chi connectivity index (χ3v) is 23.4. The Balaban J connectivity index is 0.000000131. The Bertz CT molecular complexity index is 5490. The molecule has 606 valence electrons. The number of carbonyl (C=O) groups is 4. The first-order chi connectivity index (χ1) is 56.0. The number of aromatic nitrogens is 6. The van der Waals surface area contributed by atoms with Gasteiger partial charge in [-0.1, -0.05) is 100 Å². The standard InChI is InChI=1S/C29H29Cl2N3O3.C26H29BrN4O3.C20H22ClN5O2.C14H17ClN2/c1-33(2)15-3-17-36-22-9-4-19(5-10-22)28-27-24(25-18-21(31)8-13-26(25)32-27)14-16-34(28)29(35)37-23-11-6-20(30)7-12-23;1-3-34-26(33)31-11-10-20-21-16-19(27)8-9-22(21)28-23(20)24(31)17-4-6-18(7-5-17)25(32)30-14-12-29(2)13-15-30;1-4-28-20(27)26-8-7-14-15-9-13(21)5-6-16(15)24-17(14)18(26)12-10-22-19(23-11-12)25(2)3;1-8(2)13-14-10(5-6-16-13)11-7-9(15)3-4-12(11)17-14/h4-13,18,28,32H,3,14-17H2,1-2H3;4-9,16,24,28H,3,10-15H2,1-2H3;5-6,9-11,18,24H,4,7-8H2,1-3H3;3-4,7-8,13,16-17H,5-6H2,1-2H3. The summed E-state index contributed by atoms with van der Waals surface area (Å²) in [6.45, 7) is 16.3. The molecule has 4 amide bonds. The molecule has 12 aromatic rings. The van der Waals surface area contributed by atoms with Crippen molar-refractivity contribution in [3.05, 3.63) is 250 Å². The van der Waals surface area contributed by atoms with Gasteiger partial charge < -0.3 is 63.8 Å². The summed E-state index contributed by atoms with van der Waals surface area (Å²) in [6.07, 6.45) is 6.65. The Morgan fingerprint density at radius 2 is 0.940 bits per heavy atom. The molecule has 27 heteroatoms. The van der Waals surface area contributed by atoms with Gasteiger partial charge in [0.15, 0.2) is 0 Å². The molecule has 116 heavy (non-hydrogen) atoms. The summed E-state index contributed by atoms with van der Waals surface area (Å²) in [5, 5.41) is 11.0. The van der Waals surface area contributed by atoms with Crippen molar-refractivity contribution >= 4 is 136 Å². The highest BCUT2D eigenvalue weighted by atomic mass is 79.9. The SMILES string of the molecule is CC(C)C1NCCc2c1[nH]c1ccc(Cl)cc21.CCOC(=O)N1CCc2c([nH]c3ccc(Br)cc23)C1c1ccc(C(=O)N2CCN(C)CC2)cc1.CCOC(=O)N1CCc2c([nH]c3ccc(Cl)cc23)C1c1cnc(N(C)C)nc1.CN(C)CCCOc1ccc(C2c3[nH]c4ccc(Cl)cc4c3CCN2C(=O)Oc2ccc(Cl)cc2)cc1. The second kappa shape index (κ2) is 36.8. The van der Waals surface area contributed by atoms with Crippen molar-refractivity contribution in [1.29, 1.82) is 0 Å². The van der Waals surface area contributed by atoms with Gasteiger partial charge >= 0.3 is 18.3 Å². The summed E-state index contributed by atoms with van der Waals surface area (Å²) in [4.78, 5) is 88.4. The number of carbonyl (C=O) groups excluding carboxylic acids is 4. The van der Waals surface area contributed by atoms with Crippen molar-refractivity contribution in [3.8, 4) is 11.5 Å². The van der Waals surface area contributed by atoms with E-state index in [9.17, 15) is 19.2 Å². The molecule has 7 aromatic carbocycles. The fourth-order valence-corrected chi connectivity index (χ4v) is 17.3. The zero-order valence-corrected chi connectivity index (χ0v) is 71.2. The van der Waals surface area contributed by atoms with Crippen molar-refractivity contribution in [2.45, 2.75) is 84.0 Å². The minimum absolute atomic E-state index is 0.0571. The van der Waals surface area contributed by atoms with E-state index in [0.717, 1.165) is 141 Å². The van der Waals surface area contributed by atoms with E-state index in [1.165, 1.54) is 44.2 Å². The maximum atomic E-state index is 13.4. The minimum atomic E-state index is -0.418. The van der Waals surface area contributed by atoms with Crippen LogP contribution in [0.5, 0.6) is 11.5 Å². The van der Waals surface area contributed by atoms with Gasteiger partial charge in [-0.05, 0) is 234 Å². The molecular weight excluding hydrogens is 1610 g/mol. The Morgan fingerprint density at radius 3 is 1.41 bits per heavy atom. The Morgan fingerprint density at radius 1 is 0.509 bits per heavy atom. The number of piperazine rings is 1. The van der Waals surface area contributed by atoms with Crippen LogP contribution in [-0.2, 0) is 35.2 Å². The van der Waals surface area contributed by atoms with Crippen LogP contribution in [0.1, 0.15) is 130 Å². The first-order valence-corrected chi connectivity index (χ1v) is 41.8. The van der Waals surface area contributed by atoms with E-state index < -0.39 is 6.09 Å². The summed E-state index contributed by atoms with van der Waals surface area (Å²) < 4.78 is 23.4. The number of benzene rings is 7. The van der Waals surface area contributed by atoms with Crippen molar-refractivity contribution in [2.75, 3.05) is 119 Å². The first kappa shape index (κ1) is 82.7. The van der Waals surface area contributed by atoms with Crippen LogP contribution in [0.25, 0.3) is 43.6 Å². The molecule has 22 nitrogen and oxygen atoms in total. The lowest BCUT2D eigenvalue weighted by Gasteiger charge is -2.35. The highest BCUT2D eigenvalue weighted by Crippen LogP contribution is 2.44. The van der Waals surface area contributed by atoms with Crippen LogP contribution in [0, 0.1) is 5.92 Å². The van der Waals surface area contributed by atoms with E-state index in [-0.39, 0.29) is 36.2 Å². The maximum absolute atomic E-state index is 13.4. The lowest BCUT2D eigenvalue weighted by molar-refractivity contribution is 0.0663. The number of rotatable bonds is 14. The van der Waals surface area contributed by atoms with Crippen LogP contribution in [-0.4, -0.2) is 197 Å². The molecule has 4 unspecified atom stereocenters. The molecular formula is C89H97BrCl4N14O8. The summed E-state index contributed by atoms with van der Waals surface area (Å²) in [5.74, 6) is 2.52. The van der Waals surface area contributed by atoms with E-state index in [1.807, 2.05) is 135 Å². The van der Waals surface area contributed by atoms with Crippen LogP contribution in [0.4, 0.5) is 20.3 Å². The highest BCUT2D eigenvalue weighted by molar-refractivity contribution is 9.10. The van der Waals surface area contributed by atoms with Gasteiger partial charge in [-0.25, -0.2) is 24.4 Å². The number of nitrogens with one attached hydrogen (secondary N) is 5. The topological polar surface area (TPSA) is 229 Å². The zero-order valence-electron chi connectivity index (χ0n) is 66.6. The number of hydrogen-bond acceptors (Lipinski definition) is 14. The van der Waals surface area contributed by atoms with Crippen LogP contribution < -0.4 is 19.7 Å². The van der Waals surface area contributed by atoms with Crippen molar-refractivity contribution < 1.29 is 38.1 Å². The number of likely N-dealkylation sites (N-methyl/N-ethyl adjacent to an activating group) is 1. The summed E-state index contributed by atoms with van der Waals surface area (Å²) in [6, 6.07) is 45.8. The Kier molecular flexibility index (Phi) is 26.2. The number of hydrogen-bond donors (Lipinski definition) is 5. The number of anilines is 1. The molecule has 0 spiro atoms. The predicted octanol–water partition coefficient (Wildman–Crippen LogP) is 18.8. The molecule has 1 saturated heterocycles. The van der Waals surface area contributed by atoms with E-state index in [4.69, 9.17) is 65.4 Å². The molecule has 5 N–H and O–H groups in total. The number of fused-ring (bicyclic) bond motifs is 12. The molecule has 17 rings (SSSR count). The average molecular weight is 1710 g/mol. The number of ether oxygens (including phenoxy) is 4. The normalized spacial score (nSPS) is 17.1. The van der Waals surface area contributed by atoms with Gasteiger partial charge in [0, 0.05) is 187 Å².